The van der Waals surface area contributed by atoms with Crippen LogP contribution in [0.1, 0.15) is 48.9 Å². The molecule has 24 heavy (non-hydrogen) atoms. The Morgan fingerprint density at radius 1 is 1.12 bits per heavy atom. The number of aliphatic carboxylic acids is 1. The Labute approximate surface area is 149 Å². The number of carboxylic acids is 1. The van der Waals surface area contributed by atoms with Crippen LogP contribution in [0, 0.1) is 0 Å². The molecule has 2 amide bonds. The van der Waals surface area contributed by atoms with Gasteiger partial charge < -0.3 is 15.7 Å². The molecule has 1 aromatic carbocycles. The van der Waals surface area contributed by atoms with E-state index in [0.717, 1.165) is 17.3 Å². The summed E-state index contributed by atoms with van der Waals surface area (Å²) in [6.45, 7) is 0.212. The van der Waals surface area contributed by atoms with Gasteiger partial charge in [-0.25, -0.2) is 0 Å². The molecule has 2 rings (SSSR count). The van der Waals surface area contributed by atoms with Crippen LogP contribution in [0.2, 0.25) is 0 Å². The molecule has 0 atom stereocenters. The molecule has 6 nitrogen and oxygen atoms in total. The molecule has 3 N–H and O–H groups in total. The van der Waals surface area contributed by atoms with Gasteiger partial charge in [0.25, 0.3) is 5.91 Å². The maximum Gasteiger partial charge on any atom is 0.305 e. The molecule has 0 spiro atoms. The van der Waals surface area contributed by atoms with E-state index < -0.39 is 11.5 Å². The largest absolute Gasteiger partial charge is 0.481 e. The van der Waals surface area contributed by atoms with Crippen molar-refractivity contribution >= 4 is 33.7 Å². The monoisotopic (exact) mass is 396 g/mol. The van der Waals surface area contributed by atoms with Crippen molar-refractivity contribution in [2.45, 2.75) is 44.1 Å². The Kier molecular flexibility index (Phi) is 6.36. The summed E-state index contributed by atoms with van der Waals surface area (Å²) in [5.74, 6) is -1.37. The Morgan fingerprint density at radius 2 is 1.75 bits per heavy atom. The van der Waals surface area contributed by atoms with Gasteiger partial charge in [0.1, 0.15) is 0 Å². The summed E-state index contributed by atoms with van der Waals surface area (Å²) >= 11 is 3.30. The minimum Gasteiger partial charge on any atom is -0.481 e. The molecule has 0 saturated heterocycles. The van der Waals surface area contributed by atoms with Gasteiger partial charge in [0.15, 0.2) is 0 Å². The first-order valence-corrected chi connectivity index (χ1v) is 8.76. The first-order valence-electron chi connectivity index (χ1n) is 7.97. The van der Waals surface area contributed by atoms with Crippen LogP contribution >= 0.6 is 15.9 Å². The maximum atomic E-state index is 12.1. The number of hydrogen-bond acceptors (Lipinski definition) is 3. The number of rotatable bonds is 7. The Hall–Kier alpha value is -1.89. The third-order valence-electron chi connectivity index (χ3n) is 4.20. The van der Waals surface area contributed by atoms with Gasteiger partial charge in [-0.3, -0.25) is 14.4 Å². The van der Waals surface area contributed by atoms with Crippen LogP contribution in [0.15, 0.2) is 28.7 Å². The van der Waals surface area contributed by atoms with Crippen molar-refractivity contribution < 1.29 is 19.5 Å². The van der Waals surface area contributed by atoms with Crippen molar-refractivity contribution in [1.29, 1.82) is 0 Å². The molecule has 0 aliphatic heterocycles. The zero-order valence-corrected chi connectivity index (χ0v) is 14.9. The van der Waals surface area contributed by atoms with E-state index in [1.165, 1.54) is 0 Å². The summed E-state index contributed by atoms with van der Waals surface area (Å²) in [5, 5.41) is 14.6. The lowest BCUT2D eigenvalue weighted by Gasteiger charge is -2.28. The SMILES string of the molecule is O=C(O)CC1(NC(=O)CCNC(=O)c2ccc(Br)cc2)CCCC1. The van der Waals surface area contributed by atoms with Gasteiger partial charge in [0.05, 0.1) is 12.0 Å². The van der Waals surface area contributed by atoms with E-state index in [-0.39, 0.29) is 31.2 Å². The number of amides is 2. The van der Waals surface area contributed by atoms with E-state index in [1.54, 1.807) is 24.3 Å². The van der Waals surface area contributed by atoms with E-state index in [1.807, 2.05) is 0 Å². The highest BCUT2D eigenvalue weighted by atomic mass is 79.9. The Bertz CT molecular complexity index is 610. The molecule has 0 unspecified atom stereocenters. The number of nitrogens with one attached hydrogen (secondary N) is 2. The zero-order valence-electron chi connectivity index (χ0n) is 13.3. The van der Waals surface area contributed by atoms with Crippen LogP contribution < -0.4 is 10.6 Å². The van der Waals surface area contributed by atoms with Gasteiger partial charge in [-0.05, 0) is 37.1 Å². The van der Waals surface area contributed by atoms with Crippen LogP contribution in [0.4, 0.5) is 0 Å². The van der Waals surface area contributed by atoms with Gasteiger partial charge in [-0.1, -0.05) is 28.8 Å². The van der Waals surface area contributed by atoms with Crippen molar-refractivity contribution in [1.82, 2.24) is 10.6 Å². The van der Waals surface area contributed by atoms with Gasteiger partial charge in [0, 0.05) is 23.0 Å². The van der Waals surface area contributed by atoms with Gasteiger partial charge in [-0.2, -0.15) is 0 Å². The van der Waals surface area contributed by atoms with Crippen LogP contribution in [-0.4, -0.2) is 35.0 Å². The second-order valence-corrected chi connectivity index (χ2v) is 7.03. The molecule has 0 bridgehead atoms. The Balaban J connectivity index is 1.79. The van der Waals surface area contributed by atoms with Crippen molar-refractivity contribution in [3.05, 3.63) is 34.3 Å². The highest BCUT2D eigenvalue weighted by Crippen LogP contribution is 2.32. The fraction of sp³-hybridized carbons (Fsp3) is 0.471. The normalized spacial score (nSPS) is 15.7. The van der Waals surface area contributed by atoms with Gasteiger partial charge >= 0.3 is 5.97 Å². The number of hydrogen-bond donors (Lipinski definition) is 3. The van der Waals surface area contributed by atoms with Crippen molar-refractivity contribution in [2.75, 3.05) is 6.54 Å². The topological polar surface area (TPSA) is 95.5 Å². The van der Waals surface area contributed by atoms with Gasteiger partial charge in [-0.15, -0.1) is 0 Å². The maximum absolute atomic E-state index is 12.1. The molecule has 1 saturated carbocycles. The number of halogens is 1. The summed E-state index contributed by atoms with van der Waals surface area (Å²) in [7, 11) is 0. The molecule has 0 heterocycles. The number of carbonyl (C=O) groups is 3. The molecule has 1 aromatic rings. The van der Waals surface area contributed by atoms with E-state index in [0.29, 0.717) is 18.4 Å². The molecule has 7 heteroatoms. The molecule has 0 radical (unpaired) electrons. The minimum atomic E-state index is -0.902. The van der Waals surface area contributed by atoms with Crippen LogP contribution in [0.3, 0.4) is 0 Å². The summed E-state index contributed by atoms with van der Waals surface area (Å²) in [6.07, 6.45) is 3.31. The quantitative estimate of drug-likeness (QED) is 0.659. The lowest BCUT2D eigenvalue weighted by Crippen LogP contribution is -2.48. The average molecular weight is 397 g/mol. The first-order chi connectivity index (χ1) is 11.4. The Morgan fingerprint density at radius 3 is 2.33 bits per heavy atom. The van der Waals surface area contributed by atoms with E-state index >= 15 is 0 Å². The number of carboxylic acid groups (broad SMARTS) is 1. The van der Waals surface area contributed by atoms with Crippen molar-refractivity contribution in [3.8, 4) is 0 Å². The fourth-order valence-corrected chi connectivity index (χ4v) is 3.30. The van der Waals surface area contributed by atoms with E-state index in [9.17, 15) is 14.4 Å². The van der Waals surface area contributed by atoms with Crippen LogP contribution in [-0.2, 0) is 9.59 Å². The predicted octanol–water partition coefficient (Wildman–Crippen LogP) is 2.47. The highest BCUT2D eigenvalue weighted by Gasteiger charge is 2.37. The third kappa shape index (κ3) is 5.33. The zero-order chi connectivity index (χ0) is 17.6. The van der Waals surface area contributed by atoms with Crippen LogP contribution in [0.5, 0.6) is 0 Å². The standard InChI is InChI=1S/C17H21BrN2O4/c18-13-5-3-12(4-6-13)16(24)19-10-7-14(21)20-17(11-15(22)23)8-1-2-9-17/h3-6H,1-2,7-11H2,(H,19,24)(H,20,21)(H,22,23). The number of carbonyl (C=O) groups excluding carboxylic acids is 2. The molecule has 0 aromatic heterocycles. The summed E-state index contributed by atoms with van der Waals surface area (Å²) in [4.78, 5) is 35.1. The lowest BCUT2D eigenvalue weighted by molar-refractivity contribution is -0.139. The highest BCUT2D eigenvalue weighted by molar-refractivity contribution is 9.10. The smallest absolute Gasteiger partial charge is 0.305 e. The lowest BCUT2D eigenvalue weighted by atomic mass is 9.93. The molecular weight excluding hydrogens is 376 g/mol. The van der Waals surface area contributed by atoms with Gasteiger partial charge in [0.2, 0.25) is 5.91 Å². The summed E-state index contributed by atoms with van der Waals surface area (Å²) in [6, 6.07) is 6.94. The second-order valence-electron chi connectivity index (χ2n) is 6.12. The van der Waals surface area contributed by atoms with Crippen molar-refractivity contribution in [3.63, 3.8) is 0 Å². The first kappa shape index (κ1) is 18.4. The average Bonchev–Trinajstić information content (AvgIpc) is 2.94. The molecule has 130 valence electrons. The molecule has 1 fully saturated rings. The summed E-state index contributed by atoms with van der Waals surface area (Å²) < 4.78 is 0.888. The van der Waals surface area contributed by atoms with E-state index in [4.69, 9.17) is 5.11 Å². The molecular formula is C17H21BrN2O4. The third-order valence-corrected chi connectivity index (χ3v) is 4.73. The predicted molar refractivity (Wildman–Crippen MR) is 92.7 cm³/mol. The van der Waals surface area contributed by atoms with Crippen LogP contribution in [0.25, 0.3) is 0 Å². The van der Waals surface area contributed by atoms with Crippen molar-refractivity contribution in [2.24, 2.45) is 0 Å². The molecule has 1 aliphatic carbocycles. The van der Waals surface area contributed by atoms with E-state index in [2.05, 4.69) is 26.6 Å². The molecule has 1 aliphatic rings. The minimum absolute atomic E-state index is 0.0516. The fourth-order valence-electron chi connectivity index (χ4n) is 3.04. The second kappa shape index (κ2) is 8.28. The number of benzene rings is 1. The summed E-state index contributed by atoms with van der Waals surface area (Å²) in [5.41, 5.74) is -0.102.